The Balaban J connectivity index is 0.00000420. The second-order valence-electron chi connectivity index (χ2n) is 6.75. The summed E-state index contributed by atoms with van der Waals surface area (Å²) in [6, 6.07) is 9.97. The Kier molecular flexibility index (Phi) is 14.2. The number of ether oxygens (including phenoxy) is 1. The molecule has 1 unspecified atom stereocenters. The predicted octanol–water partition coefficient (Wildman–Crippen LogP) is 2.95. The van der Waals surface area contributed by atoms with Crippen LogP contribution in [0.2, 0.25) is 0 Å². The SMILES string of the molecule is CCNC(=NCC(C(=O)N1CCOCC1)c1ccccc1)NCCCCSC.I. The zero-order valence-corrected chi connectivity index (χ0v) is 20.7. The van der Waals surface area contributed by atoms with Gasteiger partial charge in [0.05, 0.1) is 25.7 Å². The second kappa shape index (κ2) is 15.8. The molecule has 0 saturated carbocycles. The van der Waals surface area contributed by atoms with Gasteiger partial charge in [0.2, 0.25) is 5.91 Å². The van der Waals surface area contributed by atoms with E-state index in [1.165, 1.54) is 12.2 Å². The number of benzene rings is 1. The van der Waals surface area contributed by atoms with Crippen molar-refractivity contribution in [3.8, 4) is 0 Å². The van der Waals surface area contributed by atoms with E-state index in [-0.39, 0.29) is 35.8 Å². The Hall–Kier alpha value is -1.000. The van der Waals surface area contributed by atoms with Crippen LogP contribution >= 0.6 is 35.7 Å². The Bertz CT molecular complexity index is 598. The van der Waals surface area contributed by atoms with Crippen molar-refractivity contribution in [1.29, 1.82) is 0 Å². The van der Waals surface area contributed by atoms with Crippen LogP contribution in [0.3, 0.4) is 0 Å². The highest BCUT2D eigenvalue weighted by Crippen LogP contribution is 2.20. The number of hydrogen-bond acceptors (Lipinski definition) is 4. The molecule has 1 aromatic rings. The van der Waals surface area contributed by atoms with E-state index in [1.807, 2.05) is 47.0 Å². The third-order valence-electron chi connectivity index (χ3n) is 4.67. The molecule has 0 radical (unpaired) electrons. The van der Waals surface area contributed by atoms with E-state index in [2.05, 4.69) is 23.8 Å². The average molecular weight is 535 g/mol. The monoisotopic (exact) mass is 534 g/mol. The van der Waals surface area contributed by atoms with Crippen LogP contribution in [0.5, 0.6) is 0 Å². The topological polar surface area (TPSA) is 66.0 Å². The van der Waals surface area contributed by atoms with Crippen LogP contribution in [0.4, 0.5) is 0 Å². The molecule has 1 aliphatic rings. The van der Waals surface area contributed by atoms with Crippen molar-refractivity contribution >= 4 is 47.6 Å². The lowest BCUT2D eigenvalue weighted by Crippen LogP contribution is -2.44. The Labute approximate surface area is 196 Å². The van der Waals surface area contributed by atoms with Gasteiger partial charge in [-0.1, -0.05) is 30.3 Å². The lowest BCUT2D eigenvalue weighted by molar-refractivity contribution is -0.136. The van der Waals surface area contributed by atoms with Gasteiger partial charge in [0.1, 0.15) is 0 Å². The maximum atomic E-state index is 13.2. The second-order valence-corrected chi connectivity index (χ2v) is 7.73. The first-order chi connectivity index (χ1) is 13.8. The maximum absolute atomic E-state index is 13.2. The van der Waals surface area contributed by atoms with Crippen molar-refractivity contribution in [2.75, 3.05) is 57.9 Å². The minimum atomic E-state index is -0.272. The number of aliphatic imine (C=N–C) groups is 1. The first-order valence-corrected chi connectivity index (χ1v) is 11.6. The summed E-state index contributed by atoms with van der Waals surface area (Å²) in [6.07, 6.45) is 4.43. The van der Waals surface area contributed by atoms with Gasteiger partial charge < -0.3 is 20.3 Å². The van der Waals surface area contributed by atoms with Crippen molar-refractivity contribution in [3.63, 3.8) is 0 Å². The van der Waals surface area contributed by atoms with Crippen LogP contribution in [-0.4, -0.2) is 74.7 Å². The van der Waals surface area contributed by atoms with Crippen LogP contribution < -0.4 is 10.6 Å². The largest absolute Gasteiger partial charge is 0.378 e. The molecule has 8 heteroatoms. The van der Waals surface area contributed by atoms with Crippen LogP contribution in [0, 0.1) is 0 Å². The summed E-state index contributed by atoms with van der Waals surface area (Å²) in [6.45, 7) is 6.69. The van der Waals surface area contributed by atoms with E-state index in [1.54, 1.807) is 0 Å². The molecule has 2 rings (SSSR count). The number of carbonyl (C=O) groups excluding carboxylic acids is 1. The molecule has 0 spiro atoms. The first-order valence-electron chi connectivity index (χ1n) is 10.2. The molecule has 1 amide bonds. The fourth-order valence-electron chi connectivity index (χ4n) is 3.12. The summed E-state index contributed by atoms with van der Waals surface area (Å²) in [7, 11) is 0. The summed E-state index contributed by atoms with van der Waals surface area (Å²) in [4.78, 5) is 19.8. The van der Waals surface area contributed by atoms with Gasteiger partial charge in [0.25, 0.3) is 0 Å². The van der Waals surface area contributed by atoms with Gasteiger partial charge in [-0.25, -0.2) is 0 Å². The molecule has 2 N–H and O–H groups in total. The van der Waals surface area contributed by atoms with Crippen LogP contribution in [0.25, 0.3) is 0 Å². The minimum absolute atomic E-state index is 0. The van der Waals surface area contributed by atoms with Gasteiger partial charge in [-0.3, -0.25) is 9.79 Å². The first kappa shape index (κ1) is 26.0. The molecule has 1 atom stereocenters. The van der Waals surface area contributed by atoms with Gasteiger partial charge in [-0.05, 0) is 37.3 Å². The van der Waals surface area contributed by atoms with Crippen LogP contribution in [-0.2, 0) is 9.53 Å². The lowest BCUT2D eigenvalue weighted by Gasteiger charge is -2.30. The summed E-state index contributed by atoms with van der Waals surface area (Å²) < 4.78 is 5.39. The number of morpholine rings is 1. The van der Waals surface area contributed by atoms with Crippen LogP contribution in [0.15, 0.2) is 35.3 Å². The molecule has 1 aliphatic heterocycles. The lowest BCUT2D eigenvalue weighted by atomic mass is 9.97. The van der Waals surface area contributed by atoms with E-state index in [0.717, 1.165) is 31.0 Å². The number of rotatable bonds is 10. The van der Waals surface area contributed by atoms with E-state index in [0.29, 0.717) is 32.8 Å². The molecule has 0 bridgehead atoms. The normalized spacial score (nSPS) is 15.4. The van der Waals surface area contributed by atoms with Gasteiger partial charge in [0.15, 0.2) is 5.96 Å². The maximum Gasteiger partial charge on any atom is 0.232 e. The molecular formula is C21H35IN4O2S. The van der Waals surface area contributed by atoms with Crippen molar-refractivity contribution in [3.05, 3.63) is 35.9 Å². The molecule has 1 aromatic carbocycles. The zero-order valence-electron chi connectivity index (χ0n) is 17.6. The van der Waals surface area contributed by atoms with E-state index >= 15 is 0 Å². The molecular weight excluding hydrogens is 499 g/mol. The number of thioether (sulfide) groups is 1. The molecule has 164 valence electrons. The van der Waals surface area contributed by atoms with Crippen molar-refractivity contribution in [2.24, 2.45) is 4.99 Å². The smallest absolute Gasteiger partial charge is 0.232 e. The molecule has 6 nitrogen and oxygen atoms in total. The highest BCUT2D eigenvalue weighted by atomic mass is 127. The fraction of sp³-hybridized carbons (Fsp3) is 0.619. The molecule has 1 fully saturated rings. The van der Waals surface area contributed by atoms with Gasteiger partial charge in [-0.15, -0.1) is 24.0 Å². The van der Waals surface area contributed by atoms with Crippen LogP contribution in [0.1, 0.15) is 31.2 Å². The number of nitrogens with one attached hydrogen (secondary N) is 2. The number of nitrogens with zero attached hydrogens (tertiary/aromatic N) is 2. The van der Waals surface area contributed by atoms with Gasteiger partial charge in [-0.2, -0.15) is 11.8 Å². The molecule has 1 heterocycles. The molecule has 0 aliphatic carbocycles. The highest BCUT2D eigenvalue weighted by molar-refractivity contribution is 14.0. The fourth-order valence-corrected chi connectivity index (χ4v) is 3.61. The number of carbonyl (C=O) groups is 1. The van der Waals surface area contributed by atoms with Gasteiger partial charge in [0, 0.05) is 26.2 Å². The molecule has 29 heavy (non-hydrogen) atoms. The van der Waals surface area contributed by atoms with Gasteiger partial charge >= 0.3 is 0 Å². The number of halogens is 1. The number of hydrogen-bond donors (Lipinski definition) is 2. The summed E-state index contributed by atoms with van der Waals surface area (Å²) >= 11 is 1.87. The molecule has 1 saturated heterocycles. The third kappa shape index (κ3) is 9.57. The predicted molar refractivity (Wildman–Crippen MR) is 134 cm³/mol. The van der Waals surface area contributed by atoms with E-state index < -0.39 is 0 Å². The van der Waals surface area contributed by atoms with Crippen molar-refractivity contribution < 1.29 is 9.53 Å². The Morgan fingerprint density at radius 3 is 2.59 bits per heavy atom. The number of unbranched alkanes of at least 4 members (excludes halogenated alkanes) is 1. The third-order valence-corrected chi connectivity index (χ3v) is 5.36. The number of guanidine groups is 1. The van der Waals surface area contributed by atoms with E-state index in [4.69, 9.17) is 9.73 Å². The molecule has 0 aromatic heterocycles. The Morgan fingerprint density at radius 1 is 1.21 bits per heavy atom. The highest BCUT2D eigenvalue weighted by Gasteiger charge is 2.27. The standard InChI is InChI=1S/C21H34N4O2S.HI/c1-3-22-21(23-11-7-8-16-28-2)24-17-19(18-9-5-4-6-10-18)20(26)25-12-14-27-15-13-25;/h4-6,9-10,19H,3,7-8,11-17H2,1-2H3,(H2,22,23,24);1H. The number of amides is 1. The minimum Gasteiger partial charge on any atom is -0.378 e. The summed E-state index contributed by atoms with van der Waals surface area (Å²) in [5, 5.41) is 6.68. The van der Waals surface area contributed by atoms with Crippen molar-refractivity contribution in [1.82, 2.24) is 15.5 Å². The summed E-state index contributed by atoms with van der Waals surface area (Å²) in [5.74, 6) is 1.82. The average Bonchev–Trinajstić information content (AvgIpc) is 2.75. The Morgan fingerprint density at radius 2 is 1.93 bits per heavy atom. The quantitative estimate of drug-likeness (QED) is 0.209. The van der Waals surface area contributed by atoms with Crippen molar-refractivity contribution in [2.45, 2.75) is 25.7 Å². The van der Waals surface area contributed by atoms with E-state index in [9.17, 15) is 4.79 Å². The zero-order chi connectivity index (χ0) is 20.0. The summed E-state index contributed by atoms with van der Waals surface area (Å²) in [5.41, 5.74) is 1.01.